The van der Waals surface area contributed by atoms with E-state index in [1.807, 2.05) is 53.4 Å². The third-order valence-corrected chi connectivity index (χ3v) is 8.47. The summed E-state index contributed by atoms with van der Waals surface area (Å²) in [5, 5.41) is 11.6. The predicted molar refractivity (Wildman–Crippen MR) is 176 cm³/mol. The van der Waals surface area contributed by atoms with Crippen molar-refractivity contribution in [3.63, 3.8) is 0 Å². The fraction of sp³-hybridized carbons (Fsp3) is 0.500. The molecule has 13 nitrogen and oxygen atoms in total. The second-order valence-electron chi connectivity index (χ2n) is 11.7. The number of nitrogens with zero attached hydrogens (tertiary/aromatic N) is 9. The van der Waals surface area contributed by atoms with Crippen LogP contribution in [0, 0.1) is 6.92 Å². The van der Waals surface area contributed by atoms with Crippen LogP contribution in [0.1, 0.15) is 56.3 Å². The molecule has 1 aliphatic heterocycles. The van der Waals surface area contributed by atoms with Gasteiger partial charge in [0.25, 0.3) is 0 Å². The molecule has 4 aromatic rings. The van der Waals surface area contributed by atoms with Crippen LogP contribution in [-0.4, -0.2) is 96.3 Å². The fourth-order valence-electron chi connectivity index (χ4n) is 5.83. The molecule has 0 N–H and O–H groups in total. The van der Waals surface area contributed by atoms with Gasteiger partial charge in [0.2, 0.25) is 11.8 Å². The molecule has 3 aromatic heterocycles. The number of pyridine rings is 1. The number of ether oxygens (including phenoxy) is 2. The lowest BCUT2D eigenvalue weighted by atomic mass is 10.1. The smallest absolute Gasteiger partial charge is 0.224 e. The third-order valence-electron chi connectivity index (χ3n) is 8.47. The molecule has 0 aliphatic carbocycles. The summed E-state index contributed by atoms with van der Waals surface area (Å²) in [6, 6.07) is 9.80. The second-order valence-corrected chi connectivity index (χ2v) is 11.7. The van der Waals surface area contributed by atoms with E-state index < -0.39 is 0 Å². The summed E-state index contributed by atoms with van der Waals surface area (Å²) in [5.41, 5.74) is 2.08. The van der Waals surface area contributed by atoms with Gasteiger partial charge in [-0.05, 0) is 85.7 Å². The molecule has 0 saturated carbocycles. The van der Waals surface area contributed by atoms with Crippen molar-refractivity contribution in [1.29, 1.82) is 0 Å². The van der Waals surface area contributed by atoms with E-state index in [1.54, 1.807) is 24.2 Å². The van der Waals surface area contributed by atoms with Gasteiger partial charge < -0.3 is 23.8 Å². The molecular formula is C34H45N9O4. The van der Waals surface area contributed by atoms with E-state index in [0.717, 1.165) is 49.9 Å². The largest absolute Gasteiger partial charge is 0.493 e. The van der Waals surface area contributed by atoms with Crippen molar-refractivity contribution in [1.82, 2.24) is 44.5 Å². The quantitative estimate of drug-likeness (QED) is 0.249. The Hall–Kier alpha value is -4.81. The van der Waals surface area contributed by atoms with Crippen LogP contribution < -0.4 is 9.47 Å². The minimum Gasteiger partial charge on any atom is -0.493 e. The van der Waals surface area contributed by atoms with Crippen molar-refractivity contribution < 1.29 is 19.1 Å². The SMILES string of the molecule is COc1ccc2cc1OCCN(C(=O)CCCCc1cccnc1)CCCCN(C(=O)CCn1nnnc1C)CCCn1ccnc1-2. The molecule has 0 fully saturated rings. The molecule has 0 spiro atoms. The monoisotopic (exact) mass is 643 g/mol. The van der Waals surface area contributed by atoms with Crippen LogP contribution in [0.3, 0.4) is 0 Å². The van der Waals surface area contributed by atoms with E-state index in [-0.39, 0.29) is 11.8 Å². The Morgan fingerprint density at radius 2 is 1.74 bits per heavy atom. The summed E-state index contributed by atoms with van der Waals surface area (Å²) in [5.74, 6) is 2.92. The number of carbonyl (C=O) groups excluding carboxylic acids is 2. The van der Waals surface area contributed by atoms with Crippen LogP contribution in [-0.2, 0) is 29.1 Å². The predicted octanol–water partition coefficient (Wildman–Crippen LogP) is 3.97. The minimum atomic E-state index is 0.0680. The number of aryl methyl sites for hydroxylation is 4. The van der Waals surface area contributed by atoms with Gasteiger partial charge in [0.05, 0.1) is 20.2 Å². The van der Waals surface area contributed by atoms with Crippen LogP contribution in [0.5, 0.6) is 11.5 Å². The van der Waals surface area contributed by atoms with Crippen LogP contribution in [0.25, 0.3) is 11.4 Å². The maximum atomic E-state index is 13.4. The standard InChI is InChI=1S/C34H45N9O4/c1-27-37-38-39-43(27)21-14-33(45)40-17-5-6-18-41(32(44)11-4-3-9-28-10-7-15-35-26-28)23-24-47-31-25-29(12-13-30(31)46-2)34-36-16-22-42(34)20-8-19-40/h7,10,12-13,15-16,22,25-26H,3-6,8-9,11,14,17-21,23-24H2,1-2H3. The van der Waals surface area contributed by atoms with Gasteiger partial charge in [-0.15, -0.1) is 5.10 Å². The highest BCUT2D eigenvalue weighted by Crippen LogP contribution is 2.32. The topological polar surface area (TPSA) is 133 Å². The maximum absolute atomic E-state index is 13.4. The van der Waals surface area contributed by atoms with Crippen molar-refractivity contribution in [3.05, 3.63) is 66.5 Å². The van der Waals surface area contributed by atoms with Gasteiger partial charge in [-0.3, -0.25) is 14.6 Å². The number of imidazole rings is 1. The van der Waals surface area contributed by atoms with E-state index in [0.29, 0.717) is 76.0 Å². The van der Waals surface area contributed by atoms with Gasteiger partial charge in [0.15, 0.2) is 11.5 Å². The Labute approximate surface area is 275 Å². The van der Waals surface area contributed by atoms with Crippen molar-refractivity contribution in [2.24, 2.45) is 0 Å². The molecule has 5 rings (SSSR count). The number of benzene rings is 1. The Kier molecular flexibility index (Phi) is 12.3. The lowest BCUT2D eigenvalue weighted by Crippen LogP contribution is -2.37. The van der Waals surface area contributed by atoms with E-state index in [9.17, 15) is 9.59 Å². The van der Waals surface area contributed by atoms with Gasteiger partial charge >= 0.3 is 0 Å². The van der Waals surface area contributed by atoms with E-state index in [1.165, 1.54) is 5.56 Å². The summed E-state index contributed by atoms with van der Waals surface area (Å²) >= 11 is 0. The summed E-state index contributed by atoms with van der Waals surface area (Å²) in [4.78, 5) is 39.5. The Bertz CT molecular complexity index is 1570. The van der Waals surface area contributed by atoms with E-state index >= 15 is 0 Å². The summed E-state index contributed by atoms with van der Waals surface area (Å²) < 4.78 is 15.6. The number of amides is 2. The summed E-state index contributed by atoms with van der Waals surface area (Å²) in [6.45, 7) is 5.58. The van der Waals surface area contributed by atoms with Gasteiger partial charge in [-0.2, -0.15) is 0 Å². The normalized spacial score (nSPS) is 14.6. The molecule has 2 amide bonds. The Morgan fingerprint density at radius 3 is 2.51 bits per heavy atom. The Morgan fingerprint density at radius 1 is 0.936 bits per heavy atom. The van der Waals surface area contributed by atoms with Crippen LogP contribution in [0.4, 0.5) is 0 Å². The number of hydrogen-bond donors (Lipinski definition) is 0. The zero-order chi connectivity index (χ0) is 32.8. The van der Waals surface area contributed by atoms with Crippen molar-refractivity contribution in [2.45, 2.75) is 71.4 Å². The number of unbranched alkanes of at least 4 members (excludes halogenated alkanes) is 1. The molecule has 1 aliphatic rings. The molecule has 1 aromatic carbocycles. The molecule has 0 saturated heterocycles. The first-order valence-corrected chi connectivity index (χ1v) is 16.5. The zero-order valence-electron chi connectivity index (χ0n) is 27.5. The molecule has 250 valence electrons. The first-order valence-electron chi connectivity index (χ1n) is 16.5. The van der Waals surface area contributed by atoms with Crippen LogP contribution in [0.15, 0.2) is 55.1 Å². The van der Waals surface area contributed by atoms with E-state index in [4.69, 9.17) is 9.47 Å². The van der Waals surface area contributed by atoms with Crippen LogP contribution in [0.2, 0.25) is 0 Å². The highest BCUT2D eigenvalue weighted by Gasteiger charge is 2.19. The number of hydrogen-bond acceptors (Lipinski definition) is 9. The number of aromatic nitrogens is 7. The first-order chi connectivity index (χ1) is 23.0. The first kappa shape index (κ1) is 33.6. The van der Waals surface area contributed by atoms with Gasteiger partial charge in [-0.25, -0.2) is 9.67 Å². The van der Waals surface area contributed by atoms with Gasteiger partial charge in [-0.1, -0.05) is 6.07 Å². The number of carbonyl (C=O) groups is 2. The Balaban J connectivity index is 1.28. The number of tetrazole rings is 1. The minimum absolute atomic E-state index is 0.0680. The highest BCUT2D eigenvalue weighted by atomic mass is 16.5. The van der Waals surface area contributed by atoms with E-state index in [2.05, 4.69) is 36.1 Å². The molecule has 0 unspecified atom stereocenters. The highest BCUT2D eigenvalue weighted by molar-refractivity contribution is 5.76. The van der Waals surface area contributed by atoms with Crippen molar-refractivity contribution in [2.75, 3.05) is 39.9 Å². The molecule has 0 atom stereocenters. The molecular weight excluding hydrogens is 598 g/mol. The van der Waals surface area contributed by atoms with Crippen LogP contribution >= 0.6 is 0 Å². The maximum Gasteiger partial charge on any atom is 0.224 e. The average molecular weight is 644 g/mol. The van der Waals surface area contributed by atoms with Crippen molar-refractivity contribution in [3.8, 4) is 22.9 Å². The second kappa shape index (κ2) is 17.2. The fourth-order valence-corrected chi connectivity index (χ4v) is 5.83. The third kappa shape index (κ3) is 9.60. The van der Waals surface area contributed by atoms with Gasteiger partial charge in [0.1, 0.15) is 18.3 Å². The number of fused-ring (bicyclic) bond motifs is 4. The molecule has 47 heavy (non-hydrogen) atoms. The molecule has 4 heterocycles. The zero-order valence-corrected chi connectivity index (χ0v) is 27.5. The number of methoxy groups -OCH3 is 1. The molecule has 2 bridgehead atoms. The molecule has 0 radical (unpaired) electrons. The summed E-state index contributed by atoms with van der Waals surface area (Å²) in [7, 11) is 1.62. The molecule has 13 heteroatoms. The average Bonchev–Trinajstić information content (AvgIpc) is 3.74. The lowest BCUT2D eigenvalue weighted by Gasteiger charge is -2.25. The lowest BCUT2D eigenvalue weighted by molar-refractivity contribution is -0.133. The number of rotatable bonds is 9. The summed E-state index contributed by atoms with van der Waals surface area (Å²) in [6.07, 6.45) is 13.1. The van der Waals surface area contributed by atoms with Crippen molar-refractivity contribution >= 4 is 11.8 Å². The van der Waals surface area contributed by atoms with Gasteiger partial charge in [0, 0.05) is 69.4 Å².